The minimum absolute atomic E-state index is 0. The third-order valence-corrected chi connectivity index (χ3v) is 6.01. The fourth-order valence-corrected chi connectivity index (χ4v) is 3.96. The van der Waals surface area contributed by atoms with Crippen LogP contribution in [0.15, 0.2) is 0 Å². The molecule has 0 aliphatic rings. The predicted octanol–water partition coefficient (Wildman–Crippen LogP) is -1.81. The Morgan fingerprint density at radius 2 is 0.941 bits per heavy atom. The topological polar surface area (TPSA) is 109 Å². The quantitative estimate of drug-likeness (QED) is 0.124. The molecular formula is C26H47NNa2O5. The van der Waals surface area contributed by atoms with Crippen molar-refractivity contribution in [2.75, 3.05) is 0 Å². The molecule has 0 radical (unpaired) electrons. The van der Waals surface area contributed by atoms with Crippen molar-refractivity contribution in [3.05, 3.63) is 0 Å². The van der Waals surface area contributed by atoms with Gasteiger partial charge in [-0.1, -0.05) is 116 Å². The van der Waals surface area contributed by atoms with E-state index in [4.69, 9.17) is 0 Å². The van der Waals surface area contributed by atoms with Crippen LogP contribution >= 0.6 is 0 Å². The third kappa shape index (κ3) is 28.6. The van der Waals surface area contributed by atoms with Crippen LogP contribution in [0.5, 0.6) is 0 Å². The maximum atomic E-state index is 11.8. The maximum absolute atomic E-state index is 11.8. The molecule has 1 N–H and O–H groups in total. The van der Waals surface area contributed by atoms with Crippen molar-refractivity contribution in [1.82, 2.24) is 5.32 Å². The molecule has 0 aromatic carbocycles. The van der Waals surface area contributed by atoms with Crippen LogP contribution in [0.3, 0.4) is 0 Å². The van der Waals surface area contributed by atoms with Gasteiger partial charge < -0.3 is 25.1 Å². The number of rotatable bonds is 24. The molecular weight excluding hydrogens is 452 g/mol. The van der Waals surface area contributed by atoms with Crippen LogP contribution in [0, 0.1) is 0 Å². The fraction of sp³-hybridized carbons (Fsp3) is 0.885. The molecule has 0 bridgehead atoms. The first-order chi connectivity index (χ1) is 15.5. The van der Waals surface area contributed by atoms with E-state index in [-0.39, 0.29) is 77.9 Å². The van der Waals surface area contributed by atoms with E-state index < -0.39 is 24.4 Å². The molecule has 6 nitrogen and oxygen atoms in total. The van der Waals surface area contributed by atoms with Crippen molar-refractivity contribution in [3.63, 3.8) is 0 Å². The van der Waals surface area contributed by atoms with Crippen molar-refractivity contribution < 1.29 is 83.7 Å². The van der Waals surface area contributed by atoms with E-state index in [1.54, 1.807) is 0 Å². The first kappa shape index (κ1) is 38.9. The van der Waals surface area contributed by atoms with Crippen LogP contribution in [0.4, 0.5) is 0 Å². The van der Waals surface area contributed by atoms with Crippen molar-refractivity contribution in [1.29, 1.82) is 0 Å². The molecule has 0 spiro atoms. The van der Waals surface area contributed by atoms with E-state index in [2.05, 4.69) is 12.2 Å². The van der Waals surface area contributed by atoms with Crippen LogP contribution < -0.4 is 74.6 Å². The molecule has 0 aromatic rings. The molecule has 1 atom stereocenters. The van der Waals surface area contributed by atoms with Crippen LogP contribution in [0.25, 0.3) is 0 Å². The molecule has 0 saturated heterocycles. The van der Waals surface area contributed by atoms with Gasteiger partial charge in [-0.05, 0) is 19.3 Å². The van der Waals surface area contributed by atoms with Crippen LogP contribution in [-0.2, 0) is 14.4 Å². The van der Waals surface area contributed by atoms with E-state index in [9.17, 15) is 24.6 Å². The Hall–Kier alpha value is 0.410. The Morgan fingerprint density at radius 1 is 0.588 bits per heavy atom. The van der Waals surface area contributed by atoms with E-state index in [0.29, 0.717) is 6.42 Å². The zero-order valence-corrected chi connectivity index (χ0v) is 26.5. The van der Waals surface area contributed by atoms with Gasteiger partial charge in [0.2, 0.25) is 5.91 Å². The molecule has 0 aliphatic heterocycles. The first-order valence-corrected chi connectivity index (χ1v) is 13.2. The second-order valence-corrected chi connectivity index (χ2v) is 9.11. The van der Waals surface area contributed by atoms with Gasteiger partial charge >= 0.3 is 59.1 Å². The SMILES string of the molecule is CCCCCCCCCCCCCCCCCCCCC(=O)N[C@@H](CCC(=O)[O-])C(=O)[O-].[Na+].[Na+]. The van der Waals surface area contributed by atoms with Gasteiger partial charge in [-0.2, -0.15) is 0 Å². The normalized spacial score (nSPS) is 11.2. The predicted molar refractivity (Wildman–Crippen MR) is 125 cm³/mol. The van der Waals surface area contributed by atoms with E-state index >= 15 is 0 Å². The average molecular weight is 500 g/mol. The molecule has 0 fully saturated rings. The number of carboxylic acids is 2. The van der Waals surface area contributed by atoms with Crippen molar-refractivity contribution in [2.24, 2.45) is 0 Å². The monoisotopic (exact) mass is 499 g/mol. The third-order valence-electron chi connectivity index (χ3n) is 6.01. The molecule has 0 rings (SSSR count). The summed E-state index contributed by atoms with van der Waals surface area (Å²) in [6.45, 7) is 2.26. The molecule has 0 aliphatic carbocycles. The number of carbonyl (C=O) groups is 3. The van der Waals surface area contributed by atoms with Gasteiger partial charge in [-0.3, -0.25) is 4.79 Å². The number of amides is 1. The standard InChI is InChI=1S/C26H49NO5.2Na/c1-2-3-4-5-6-7-8-9-10-11-12-13-14-15-16-17-18-19-20-24(28)27-23(26(31)32)21-22-25(29)30;;/h23H,2-22H2,1H3,(H,27,28)(H,29,30)(H,31,32);;/q;2*+1/p-2/t23-;;/m0../s1. The molecule has 34 heavy (non-hydrogen) atoms. The number of unbranched alkanes of at least 4 members (excludes halogenated alkanes) is 17. The second kappa shape index (κ2) is 29.6. The zero-order chi connectivity index (χ0) is 23.9. The Morgan fingerprint density at radius 3 is 1.26 bits per heavy atom. The Bertz CT molecular complexity index is 492. The molecule has 0 unspecified atom stereocenters. The van der Waals surface area contributed by atoms with Crippen molar-refractivity contribution in [3.8, 4) is 0 Å². The summed E-state index contributed by atoms with van der Waals surface area (Å²) >= 11 is 0. The number of carboxylic acid groups (broad SMARTS) is 2. The number of hydrogen-bond acceptors (Lipinski definition) is 5. The largest absolute Gasteiger partial charge is 1.00 e. The van der Waals surface area contributed by atoms with Gasteiger partial charge in [0.15, 0.2) is 0 Å². The fourth-order valence-electron chi connectivity index (χ4n) is 3.96. The summed E-state index contributed by atoms with van der Waals surface area (Å²) in [4.78, 5) is 33.2. The molecule has 0 heterocycles. The Labute approximate surface area is 252 Å². The van der Waals surface area contributed by atoms with Crippen molar-refractivity contribution in [2.45, 2.75) is 148 Å². The van der Waals surface area contributed by atoms with Gasteiger partial charge in [0.1, 0.15) is 0 Å². The van der Waals surface area contributed by atoms with Crippen molar-refractivity contribution >= 4 is 17.8 Å². The first-order valence-electron chi connectivity index (χ1n) is 13.2. The van der Waals surface area contributed by atoms with E-state index in [1.807, 2.05) is 0 Å². The second-order valence-electron chi connectivity index (χ2n) is 9.11. The Balaban J connectivity index is -0.00000480. The number of aliphatic carboxylic acids is 2. The van der Waals surface area contributed by atoms with E-state index in [0.717, 1.165) is 12.8 Å². The number of nitrogens with one attached hydrogen (secondary N) is 1. The molecule has 0 saturated carbocycles. The smallest absolute Gasteiger partial charge is 0.550 e. The van der Waals surface area contributed by atoms with Crippen LogP contribution in [0.1, 0.15) is 142 Å². The summed E-state index contributed by atoms with van der Waals surface area (Å²) < 4.78 is 0. The van der Waals surface area contributed by atoms with E-state index in [1.165, 1.54) is 96.3 Å². The summed E-state index contributed by atoms with van der Waals surface area (Å²) in [5, 5.41) is 23.7. The summed E-state index contributed by atoms with van der Waals surface area (Å²) in [6, 6.07) is -1.27. The molecule has 0 aromatic heterocycles. The Kier molecular flexibility index (Phi) is 33.9. The minimum Gasteiger partial charge on any atom is -0.550 e. The van der Waals surface area contributed by atoms with Crippen LogP contribution in [-0.4, -0.2) is 23.9 Å². The van der Waals surface area contributed by atoms with Gasteiger partial charge in [0, 0.05) is 12.4 Å². The summed E-state index contributed by atoms with van der Waals surface area (Å²) in [7, 11) is 0. The maximum Gasteiger partial charge on any atom is 1.00 e. The average Bonchev–Trinajstić information content (AvgIpc) is 2.75. The van der Waals surface area contributed by atoms with Gasteiger partial charge in [-0.25, -0.2) is 0 Å². The van der Waals surface area contributed by atoms with Gasteiger partial charge in [0.25, 0.3) is 0 Å². The summed E-state index contributed by atoms with van der Waals surface area (Å²) in [5.41, 5.74) is 0. The van der Waals surface area contributed by atoms with Gasteiger partial charge in [0.05, 0.1) is 12.0 Å². The van der Waals surface area contributed by atoms with Crippen LogP contribution in [0.2, 0.25) is 0 Å². The van der Waals surface area contributed by atoms with Gasteiger partial charge in [-0.15, -0.1) is 0 Å². The summed E-state index contributed by atoms with van der Waals surface area (Å²) in [5.74, 6) is -3.17. The minimum atomic E-state index is -1.46. The number of carbonyl (C=O) groups excluding carboxylic acids is 3. The molecule has 8 heteroatoms. The number of hydrogen-bond donors (Lipinski definition) is 1. The molecule has 188 valence electrons. The zero-order valence-electron chi connectivity index (χ0n) is 22.5. The summed E-state index contributed by atoms with van der Waals surface area (Å²) in [6.07, 6.45) is 22.6. The molecule has 1 amide bonds.